The van der Waals surface area contributed by atoms with E-state index in [9.17, 15) is 0 Å². The molecule has 1 heteroatoms. The molecule has 0 fully saturated rings. The van der Waals surface area contributed by atoms with E-state index in [-0.39, 0.29) is 0 Å². The summed E-state index contributed by atoms with van der Waals surface area (Å²) in [5, 5.41) is 20.6. The molecular weight excluding hydrogens is 1060 g/mol. The van der Waals surface area contributed by atoms with Crippen molar-refractivity contribution in [2.75, 3.05) is 0 Å². The average molecular weight is 1110 g/mol. The molecule has 0 radical (unpaired) electrons. The van der Waals surface area contributed by atoms with Crippen molar-refractivity contribution < 1.29 is 0 Å². The summed E-state index contributed by atoms with van der Waals surface area (Å²) in [5.74, 6) is 0. The van der Waals surface area contributed by atoms with Gasteiger partial charge in [-0.05, 0) is 194 Å². The third-order valence-electron chi connectivity index (χ3n) is 18.3. The molecule has 18 aromatic rings. The lowest BCUT2D eigenvalue weighted by Crippen LogP contribution is -1.94. The maximum Gasteiger partial charge on any atom is 0.0346 e. The van der Waals surface area contributed by atoms with Gasteiger partial charge in [0.15, 0.2) is 0 Å². The van der Waals surface area contributed by atoms with E-state index in [2.05, 4.69) is 320 Å². The highest BCUT2D eigenvalue weighted by molar-refractivity contribution is 6.33. The summed E-state index contributed by atoms with van der Waals surface area (Å²) < 4.78 is 0. The normalized spacial score (nSPS) is 11.6. The van der Waals surface area contributed by atoms with Gasteiger partial charge in [0.25, 0.3) is 0 Å². The molecule has 0 unspecified atom stereocenters. The summed E-state index contributed by atoms with van der Waals surface area (Å²) in [5.41, 5.74) is 19.8. The highest BCUT2D eigenvalue weighted by Gasteiger charge is 2.23. The Hall–Kier alpha value is -11.5. The number of pyridine rings is 1. The molecule has 0 atom stereocenters. The highest BCUT2D eigenvalue weighted by atomic mass is 14.6. The third-order valence-corrected chi connectivity index (χ3v) is 18.3. The predicted molar refractivity (Wildman–Crippen MR) is 377 cm³/mol. The molecule has 408 valence electrons. The predicted octanol–water partition coefficient (Wildman–Crippen LogP) is 24.2. The molecule has 88 heavy (non-hydrogen) atoms. The Kier molecular flexibility index (Phi) is 12.3. The average Bonchev–Trinajstić information content (AvgIpc) is 0.872. The van der Waals surface area contributed by atoms with E-state index in [0.717, 1.165) is 5.56 Å². The van der Waals surface area contributed by atoms with E-state index < -0.39 is 0 Å². The second-order valence-electron chi connectivity index (χ2n) is 23.2. The van der Waals surface area contributed by atoms with Gasteiger partial charge in [-0.15, -0.1) is 0 Å². The van der Waals surface area contributed by atoms with E-state index in [1.54, 1.807) is 0 Å². The highest BCUT2D eigenvalue weighted by Crippen LogP contribution is 2.51. The minimum Gasteiger partial charge on any atom is -0.264 e. The molecule has 0 aliphatic rings. The first-order valence-corrected chi connectivity index (χ1v) is 30.4. The number of benzene rings is 17. The van der Waals surface area contributed by atoms with Crippen molar-refractivity contribution in [1.29, 1.82) is 0 Å². The molecule has 17 aromatic carbocycles. The van der Waals surface area contributed by atoms with E-state index in [0.29, 0.717) is 0 Å². The molecule has 0 aliphatic carbocycles. The summed E-state index contributed by atoms with van der Waals surface area (Å²) in [7, 11) is 0. The first kappa shape index (κ1) is 51.0. The Morgan fingerprint density at radius 1 is 0.159 bits per heavy atom. The molecule has 1 aromatic heterocycles. The van der Waals surface area contributed by atoms with Crippen LogP contribution in [0.1, 0.15) is 0 Å². The number of hydrogen-bond acceptors (Lipinski definition) is 1. The molecule has 1 nitrogen and oxygen atoms in total. The number of aromatic nitrogens is 1. The van der Waals surface area contributed by atoms with Gasteiger partial charge >= 0.3 is 0 Å². The Labute approximate surface area is 511 Å². The van der Waals surface area contributed by atoms with Gasteiger partial charge in [0.05, 0.1) is 0 Å². The van der Waals surface area contributed by atoms with E-state index in [1.165, 1.54) is 170 Å². The summed E-state index contributed by atoms with van der Waals surface area (Å²) in [6.07, 6.45) is 3.82. The van der Waals surface area contributed by atoms with Crippen LogP contribution < -0.4 is 0 Å². The number of rotatable bonds is 8. The fraction of sp³-hybridized carbons (Fsp3) is 0. The van der Waals surface area contributed by atoms with Gasteiger partial charge in [0.1, 0.15) is 0 Å². The Morgan fingerprint density at radius 2 is 0.432 bits per heavy atom. The summed E-state index contributed by atoms with van der Waals surface area (Å²) in [6.45, 7) is 0. The first-order chi connectivity index (χ1) is 43.7. The molecule has 0 saturated heterocycles. The van der Waals surface area contributed by atoms with E-state index in [1.807, 2.05) is 18.5 Å². The maximum absolute atomic E-state index is 4.48. The summed E-state index contributed by atoms with van der Waals surface area (Å²) >= 11 is 0. The second-order valence-corrected chi connectivity index (χ2v) is 23.2. The number of nitrogens with zero attached hydrogens (tertiary/aromatic N) is 1. The molecule has 0 amide bonds. The van der Waals surface area contributed by atoms with Crippen LogP contribution in [0.15, 0.2) is 334 Å². The van der Waals surface area contributed by atoms with E-state index >= 15 is 0 Å². The fourth-order valence-electron chi connectivity index (χ4n) is 14.4. The van der Waals surface area contributed by atoms with Crippen molar-refractivity contribution in [3.63, 3.8) is 0 Å². The van der Waals surface area contributed by atoms with Crippen LogP contribution in [-0.4, -0.2) is 4.98 Å². The SMILES string of the molecule is c1ccc(-c2cc(-c3ccccc3)c3ccc4c(-c5cccnc5)cc(-c5ccccc5)c5ccc2c3c54)cc1.c1ccc(-c2cccc3cccc(-c4cc(-c5cccc6cccc(-c7ccccc7)c56)c5ccc6cccc7ccc4c5c76)c23)cc1. The van der Waals surface area contributed by atoms with Crippen LogP contribution in [0.4, 0.5) is 0 Å². The van der Waals surface area contributed by atoms with Crippen LogP contribution in [0.2, 0.25) is 0 Å². The van der Waals surface area contributed by atoms with Gasteiger partial charge in [0.2, 0.25) is 0 Å². The van der Waals surface area contributed by atoms with Crippen LogP contribution in [0.25, 0.3) is 175 Å². The Morgan fingerprint density at radius 3 is 0.795 bits per heavy atom. The third kappa shape index (κ3) is 8.43. The monoisotopic (exact) mass is 1110 g/mol. The van der Waals surface area contributed by atoms with Gasteiger partial charge in [-0.2, -0.15) is 0 Å². The summed E-state index contributed by atoms with van der Waals surface area (Å²) in [4.78, 5) is 4.48. The zero-order valence-corrected chi connectivity index (χ0v) is 48.2. The maximum atomic E-state index is 4.48. The second kappa shape index (κ2) is 21.2. The zero-order chi connectivity index (χ0) is 58.1. The van der Waals surface area contributed by atoms with Crippen molar-refractivity contribution in [1.82, 2.24) is 4.98 Å². The minimum absolute atomic E-state index is 1.13. The van der Waals surface area contributed by atoms with Crippen molar-refractivity contribution >= 4 is 86.2 Å². The standard InChI is InChI=1S/C48H30.C39H25N/c1-3-12-31(13-4-1)37-22-8-18-33-20-10-24-39(46(33)37)43-30-44(42-29-27-36-17-7-16-35-26-28-41(43)48(42)45(35)36)40-25-11-21-34-19-9-23-38(47(34)40)32-14-5-2-6-15-32;1-4-11-26(12-5-1)34-23-35(27-13-6-2-7-14-27)31-20-21-33-37(29-17-10-22-40-25-29)24-36(28-15-8-3-9-16-28)32-19-18-30(34)38(31)39(32)33/h1-30H;1-25H. The first-order valence-electron chi connectivity index (χ1n) is 30.4. The van der Waals surface area contributed by atoms with Crippen molar-refractivity contribution in [3.8, 4) is 89.0 Å². The van der Waals surface area contributed by atoms with Crippen LogP contribution in [0.5, 0.6) is 0 Å². The molecule has 18 rings (SSSR count). The fourth-order valence-corrected chi connectivity index (χ4v) is 14.4. The molecule has 0 N–H and O–H groups in total. The van der Waals surface area contributed by atoms with Gasteiger partial charge < -0.3 is 0 Å². The van der Waals surface area contributed by atoms with Crippen molar-refractivity contribution in [2.24, 2.45) is 0 Å². The molecule has 0 spiro atoms. The Balaban J connectivity index is 0.000000139. The van der Waals surface area contributed by atoms with Crippen molar-refractivity contribution in [2.45, 2.75) is 0 Å². The Bertz CT molecular complexity index is 5120. The molecule has 1 heterocycles. The van der Waals surface area contributed by atoms with Crippen LogP contribution in [0.3, 0.4) is 0 Å². The topological polar surface area (TPSA) is 12.9 Å². The summed E-state index contributed by atoms with van der Waals surface area (Å²) in [6, 6.07) is 118. The lowest BCUT2D eigenvalue weighted by Gasteiger charge is -2.21. The lowest BCUT2D eigenvalue weighted by atomic mass is 9.82. The number of fused-ring (bicyclic) bond motifs is 2. The zero-order valence-electron chi connectivity index (χ0n) is 48.2. The van der Waals surface area contributed by atoms with Gasteiger partial charge in [-0.1, -0.05) is 297 Å². The van der Waals surface area contributed by atoms with Crippen LogP contribution in [-0.2, 0) is 0 Å². The van der Waals surface area contributed by atoms with Gasteiger partial charge in [0, 0.05) is 18.0 Å². The molecule has 0 saturated carbocycles. The quantitative estimate of drug-likeness (QED) is 0.138. The minimum atomic E-state index is 1.13. The number of hydrogen-bond donors (Lipinski definition) is 0. The molecule has 0 aliphatic heterocycles. The smallest absolute Gasteiger partial charge is 0.0346 e. The van der Waals surface area contributed by atoms with E-state index in [4.69, 9.17) is 0 Å². The van der Waals surface area contributed by atoms with Crippen LogP contribution >= 0.6 is 0 Å². The molecular formula is C87H55N. The lowest BCUT2D eigenvalue weighted by molar-refractivity contribution is 1.33. The largest absolute Gasteiger partial charge is 0.264 e. The van der Waals surface area contributed by atoms with Gasteiger partial charge in [-0.3, -0.25) is 4.98 Å². The van der Waals surface area contributed by atoms with Crippen molar-refractivity contribution in [3.05, 3.63) is 334 Å². The van der Waals surface area contributed by atoms with Gasteiger partial charge in [-0.25, -0.2) is 0 Å². The van der Waals surface area contributed by atoms with Crippen LogP contribution in [0, 0.1) is 0 Å². The molecule has 0 bridgehead atoms.